The van der Waals surface area contributed by atoms with Crippen molar-refractivity contribution in [2.24, 2.45) is 7.05 Å². The zero-order valence-electron chi connectivity index (χ0n) is 15.5. The molecule has 1 aromatic carbocycles. The molecule has 1 atom stereocenters. The van der Waals surface area contributed by atoms with Gasteiger partial charge >= 0.3 is 0 Å². The number of carbonyl (C=O) groups is 1. The molecule has 1 aliphatic rings. The van der Waals surface area contributed by atoms with Crippen LogP contribution in [0.4, 0.5) is 0 Å². The minimum Gasteiger partial charge on any atom is -0.334 e. The number of piperidine rings is 1. The predicted molar refractivity (Wildman–Crippen MR) is 102 cm³/mol. The van der Waals surface area contributed by atoms with E-state index < -0.39 is 0 Å². The van der Waals surface area contributed by atoms with Crippen molar-refractivity contribution in [1.29, 1.82) is 0 Å². The van der Waals surface area contributed by atoms with Crippen molar-refractivity contribution in [3.05, 3.63) is 54.5 Å². The van der Waals surface area contributed by atoms with Crippen LogP contribution in [0.5, 0.6) is 0 Å². The fraction of sp³-hybridized carbons (Fsp3) is 0.400. The Bertz CT molecular complexity index is 900. The molecule has 1 saturated heterocycles. The lowest BCUT2D eigenvalue weighted by Crippen LogP contribution is -2.44. The van der Waals surface area contributed by atoms with Crippen molar-refractivity contribution in [2.45, 2.75) is 38.3 Å². The van der Waals surface area contributed by atoms with Gasteiger partial charge in [0.05, 0.1) is 6.20 Å². The summed E-state index contributed by atoms with van der Waals surface area (Å²) in [6.07, 6.45) is 7.77. The Morgan fingerprint density at radius 2 is 2.04 bits per heavy atom. The van der Waals surface area contributed by atoms with Gasteiger partial charge in [0.2, 0.25) is 0 Å². The van der Waals surface area contributed by atoms with Gasteiger partial charge in [-0.1, -0.05) is 35.5 Å². The van der Waals surface area contributed by atoms with Crippen LogP contribution in [0.1, 0.15) is 36.2 Å². The molecule has 140 valence electrons. The summed E-state index contributed by atoms with van der Waals surface area (Å²) in [6, 6.07) is 12.1. The highest BCUT2D eigenvalue weighted by atomic mass is 16.2. The first-order chi connectivity index (χ1) is 13.2. The third-order valence-corrected chi connectivity index (χ3v) is 5.23. The third kappa shape index (κ3) is 3.77. The van der Waals surface area contributed by atoms with Gasteiger partial charge in [-0.2, -0.15) is 5.10 Å². The molecular weight excluding hydrogens is 340 g/mol. The molecule has 27 heavy (non-hydrogen) atoms. The molecule has 1 fully saturated rings. The van der Waals surface area contributed by atoms with E-state index in [0.717, 1.165) is 50.0 Å². The highest BCUT2D eigenvalue weighted by Gasteiger charge is 2.28. The van der Waals surface area contributed by atoms with E-state index in [9.17, 15) is 4.79 Å². The van der Waals surface area contributed by atoms with Gasteiger partial charge in [-0.15, -0.1) is 5.10 Å². The van der Waals surface area contributed by atoms with Crippen LogP contribution in [0.25, 0.3) is 11.3 Å². The number of likely N-dealkylation sites (tertiary alicyclic amines) is 1. The number of nitrogens with zero attached hydrogens (tertiary/aromatic N) is 6. The number of rotatable bonds is 5. The summed E-state index contributed by atoms with van der Waals surface area (Å²) in [5, 5.41) is 12.7. The Kier molecular flexibility index (Phi) is 5.00. The second kappa shape index (κ2) is 7.73. The lowest BCUT2D eigenvalue weighted by Gasteiger charge is -2.35. The van der Waals surface area contributed by atoms with Crippen LogP contribution in [-0.4, -0.2) is 48.2 Å². The maximum absolute atomic E-state index is 12.9. The summed E-state index contributed by atoms with van der Waals surface area (Å²) >= 11 is 0. The molecule has 1 aliphatic heterocycles. The number of benzene rings is 1. The third-order valence-electron chi connectivity index (χ3n) is 5.23. The van der Waals surface area contributed by atoms with E-state index >= 15 is 0 Å². The summed E-state index contributed by atoms with van der Waals surface area (Å²) in [7, 11) is 1.81. The van der Waals surface area contributed by atoms with E-state index in [1.807, 2.05) is 53.2 Å². The number of carbonyl (C=O) groups excluding carboxylic acids is 1. The molecule has 3 aromatic rings. The number of amides is 1. The van der Waals surface area contributed by atoms with Crippen LogP contribution < -0.4 is 0 Å². The van der Waals surface area contributed by atoms with Crippen LogP contribution in [-0.2, 0) is 13.6 Å². The zero-order valence-corrected chi connectivity index (χ0v) is 15.5. The van der Waals surface area contributed by atoms with E-state index in [1.165, 1.54) is 0 Å². The number of aromatic nitrogens is 5. The summed E-state index contributed by atoms with van der Waals surface area (Å²) < 4.78 is 3.53. The fourth-order valence-corrected chi connectivity index (χ4v) is 3.73. The molecule has 7 nitrogen and oxygen atoms in total. The largest absolute Gasteiger partial charge is 0.334 e. The molecule has 3 heterocycles. The maximum Gasteiger partial charge on any atom is 0.272 e. The second-order valence-corrected chi connectivity index (χ2v) is 7.01. The van der Waals surface area contributed by atoms with Crippen molar-refractivity contribution in [1.82, 2.24) is 29.7 Å². The van der Waals surface area contributed by atoms with E-state index in [4.69, 9.17) is 0 Å². The second-order valence-electron chi connectivity index (χ2n) is 7.01. The monoisotopic (exact) mass is 364 g/mol. The van der Waals surface area contributed by atoms with Crippen LogP contribution in [0.2, 0.25) is 0 Å². The quantitative estimate of drug-likeness (QED) is 0.698. The van der Waals surface area contributed by atoms with Crippen molar-refractivity contribution < 1.29 is 4.79 Å². The molecule has 0 spiro atoms. The topological polar surface area (TPSA) is 68.8 Å². The van der Waals surface area contributed by atoms with E-state index in [1.54, 1.807) is 16.9 Å². The Balaban J connectivity index is 1.43. The summed E-state index contributed by atoms with van der Waals surface area (Å²) in [5.41, 5.74) is 2.59. The molecule has 0 N–H and O–H groups in total. The van der Waals surface area contributed by atoms with Crippen molar-refractivity contribution in [2.75, 3.05) is 6.54 Å². The van der Waals surface area contributed by atoms with Gasteiger partial charge in [0.15, 0.2) is 0 Å². The first kappa shape index (κ1) is 17.5. The first-order valence-corrected chi connectivity index (χ1v) is 9.47. The molecular formula is C20H24N6O. The molecule has 2 aromatic heterocycles. The van der Waals surface area contributed by atoms with Crippen LogP contribution in [0.15, 0.2) is 48.8 Å². The lowest BCUT2D eigenvalue weighted by atomic mass is 9.99. The van der Waals surface area contributed by atoms with E-state index in [2.05, 4.69) is 15.4 Å². The summed E-state index contributed by atoms with van der Waals surface area (Å²) in [6.45, 7) is 1.56. The van der Waals surface area contributed by atoms with Crippen LogP contribution >= 0.6 is 0 Å². The Labute approximate surface area is 158 Å². The van der Waals surface area contributed by atoms with Gasteiger partial charge in [-0.3, -0.25) is 14.2 Å². The van der Waals surface area contributed by atoms with Crippen LogP contribution in [0, 0.1) is 0 Å². The highest BCUT2D eigenvalue weighted by molar-refractivity contribution is 5.92. The van der Waals surface area contributed by atoms with E-state index in [-0.39, 0.29) is 11.9 Å². The minimum absolute atomic E-state index is 0.0725. The van der Waals surface area contributed by atoms with Crippen LogP contribution in [0.3, 0.4) is 0 Å². The van der Waals surface area contributed by atoms with Crippen molar-refractivity contribution >= 4 is 5.91 Å². The molecule has 1 amide bonds. The smallest absolute Gasteiger partial charge is 0.272 e. The van der Waals surface area contributed by atoms with Gasteiger partial charge in [0.1, 0.15) is 11.4 Å². The minimum atomic E-state index is 0.0725. The van der Waals surface area contributed by atoms with E-state index in [0.29, 0.717) is 5.69 Å². The molecule has 0 bridgehead atoms. The summed E-state index contributed by atoms with van der Waals surface area (Å²) in [4.78, 5) is 14.9. The Hall–Kier alpha value is -2.96. The molecule has 1 unspecified atom stereocenters. The fourth-order valence-electron chi connectivity index (χ4n) is 3.73. The number of aryl methyl sites for hydroxylation is 2. The average molecular weight is 364 g/mol. The summed E-state index contributed by atoms with van der Waals surface area (Å²) in [5.74, 6) is 0.0725. The van der Waals surface area contributed by atoms with Crippen molar-refractivity contribution in [3.8, 4) is 11.3 Å². The van der Waals surface area contributed by atoms with Gasteiger partial charge < -0.3 is 4.90 Å². The lowest BCUT2D eigenvalue weighted by molar-refractivity contribution is 0.0582. The highest BCUT2D eigenvalue weighted by Crippen LogP contribution is 2.23. The number of hydrogen-bond donors (Lipinski definition) is 0. The number of hydrogen-bond acceptors (Lipinski definition) is 4. The Morgan fingerprint density at radius 1 is 1.19 bits per heavy atom. The standard InChI is InChI=1S/C20H24N6O/c1-24-19(10-12-21-24)20(27)26-13-6-5-9-17(26)11-14-25-15-18(22-23-25)16-7-3-2-4-8-16/h2-4,7-8,10,12,15,17H,5-6,9,11,13-14H2,1H3. The molecule has 0 radical (unpaired) electrons. The predicted octanol–water partition coefficient (Wildman–Crippen LogP) is 2.76. The maximum atomic E-state index is 12.9. The first-order valence-electron chi connectivity index (χ1n) is 9.47. The van der Waals surface area contributed by atoms with Gasteiger partial charge in [0.25, 0.3) is 5.91 Å². The zero-order chi connectivity index (χ0) is 18.6. The van der Waals surface area contributed by atoms with Gasteiger partial charge in [-0.05, 0) is 31.7 Å². The molecule has 0 saturated carbocycles. The Morgan fingerprint density at radius 3 is 2.81 bits per heavy atom. The van der Waals surface area contributed by atoms with Gasteiger partial charge in [-0.25, -0.2) is 0 Å². The SMILES string of the molecule is Cn1nccc1C(=O)N1CCCCC1CCn1cc(-c2ccccc2)nn1. The molecule has 0 aliphatic carbocycles. The van der Waals surface area contributed by atoms with Gasteiger partial charge in [0, 0.05) is 37.9 Å². The average Bonchev–Trinajstić information content (AvgIpc) is 3.36. The molecule has 7 heteroatoms. The normalized spacial score (nSPS) is 17.2. The molecule has 4 rings (SSSR count). The van der Waals surface area contributed by atoms with Crippen molar-refractivity contribution in [3.63, 3.8) is 0 Å².